The highest BCUT2D eigenvalue weighted by Gasteiger charge is 2.40. The molecule has 2 aliphatic heterocycles. The van der Waals surface area contributed by atoms with E-state index in [4.69, 9.17) is 0 Å². The van der Waals surface area contributed by atoms with Crippen LogP contribution >= 0.6 is 0 Å². The molecule has 58 heavy (non-hydrogen) atoms. The van der Waals surface area contributed by atoms with Crippen LogP contribution in [0.3, 0.4) is 0 Å². The lowest BCUT2D eigenvalue weighted by Crippen LogP contribution is -2.42. The van der Waals surface area contributed by atoms with E-state index in [1.54, 1.807) is 6.92 Å². The van der Waals surface area contributed by atoms with Crippen molar-refractivity contribution in [2.24, 2.45) is 0 Å². The molecule has 7 aromatic carbocycles. The minimum Gasteiger partial charge on any atom is -0.268 e. The van der Waals surface area contributed by atoms with Gasteiger partial charge in [-0.15, -0.1) is 5.92 Å². The van der Waals surface area contributed by atoms with Crippen molar-refractivity contribution in [3.05, 3.63) is 129 Å². The fourth-order valence-corrected chi connectivity index (χ4v) is 9.22. The first-order valence-electron chi connectivity index (χ1n) is 20.0. The van der Waals surface area contributed by atoms with Crippen molar-refractivity contribution in [3.8, 4) is 11.8 Å². The molecule has 0 N–H and O–H groups in total. The van der Waals surface area contributed by atoms with E-state index in [9.17, 15) is 19.2 Å². The van der Waals surface area contributed by atoms with E-state index in [-0.39, 0.29) is 39.9 Å². The van der Waals surface area contributed by atoms with Gasteiger partial charge in [0.05, 0.1) is 11.4 Å². The van der Waals surface area contributed by atoms with Gasteiger partial charge in [-0.05, 0) is 114 Å². The highest BCUT2D eigenvalue weighted by molar-refractivity contribution is 6.45. The Hall–Kier alpha value is -6.32. The Morgan fingerprint density at radius 1 is 0.448 bits per heavy atom. The second-order valence-electron chi connectivity index (χ2n) is 19.0. The summed E-state index contributed by atoms with van der Waals surface area (Å²) in [6, 6.07) is 27.3. The second kappa shape index (κ2) is 12.3. The molecule has 0 saturated heterocycles. The molecule has 0 spiro atoms. The topological polar surface area (TPSA) is 74.8 Å². The lowest BCUT2D eigenvalue weighted by molar-refractivity contribution is 0.0877. The SMILES string of the molecule is CC#CCc1ccc(C(C)(C)C)c(N2C(=O)c3ccc4c5ccc6c7c(ccc(c8ccc(c3c48)C2=O)c75)C(=O)N(c2cc(C(C)(C)C)ccc2C(C)(C)C)C6=O)c1. The number of carbonyl (C=O) groups is 4. The van der Waals surface area contributed by atoms with Crippen LogP contribution in [-0.2, 0) is 22.7 Å². The molecule has 288 valence electrons. The summed E-state index contributed by atoms with van der Waals surface area (Å²) in [5.41, 5.74) is 5.93. The van der Waals surface area contributed by atoms with Gasteiger partial charge in [-0.3, -0.25) is 19.2 Å². The number of imide groups is 2. The number of carbonyl (C=O) groups excluding carboxylic acids is 4. The van der Waals surface area contributed by atoms with Crippen LogP contribution in [-0.4, -0.2) is 23.6 Å². The molecule has 2 aliphatic rings. The minimum absolute atomic E-state index is 0.196. The number of hydrogen-bond donors (Lipinski definition) is 0. The Balaban J connectivity index is 1.25. The second-order valence-corrected chi connectivity index (χ2v) is 19.0. The van der Waals surface area contributed by atoms with E-state index >= 15 is 0 Å². The molecule has 0 aromatic heterocycles. The maximum Gasteiger partial charge on any atom is 0.265 e. The number of fused-ring (bicyclic) bond motifs is 2. The number of rotatable bonds is 3. The summed E-state index contributed by atoms with van der Waals surface area (Å²) in [6.45, 7) is 20.7. The summed E-state index contributed by atoms with van der Waals surface area (Å²) in [5.74, 6) is 4.60. The molecular weight excluding hydrogens is 717 g/mol. The van der Waals surface area contributed by atoms with Crippen molar-refractivity contribution in [3.63, 3.8) is 0 Å². The highest BCUT2D eigenvalue weighted by Crippen LogP contribution is 2.48. The van der Waals surface area contributed by atoms with E-state index < -0.39 is 0 Å². The zero-order valence-electron chi connectivity index (χ0n) is 34.8. The van der Waals surface area contributed by atoms with Crippen molar-refractivity contribution < 1.29 is 19.2 Å². The zero-order valence-corrected chi connectivity index (χ0v) is 34.8. The number of amides is 4. The molecule has 0 atom stereocenters. The Bertz CT molecular complexity index is 2960. The fraction of sp³-hybridized carbons (Fsp3) is 0.269. The van der Waals surface area contributed by atoms with Crippen LogP contribution in [0.1, 0.15) is 133 Å². The summed E-state index contributed by atoms with van der Waals surface area (Å²) >= 11 is 0. The molecule has 0 bridgehead atoms. The van der Waals surface area contributed by atoms with E-state index in [2.05, 4.69) is 86.3 Å². The van der Waals surface area contributed by atoms with Crippen molar-refractivity contribution in [1.29, 1.82) is 0 Å². The van der Waals surface area contributed by atoms with Crippen LogP contribution in [0.4, 0.5) is 11.4 Å². The Morgan fingerprint density at radius 3 is 1.19 bits per heavy atom. The van der Waals surface area contributed by atoms with Crippen LogP contribution in [0.25, 0.3) is 43.1 Å². The number of hydrogen-bond acceptors (Lipinski definition) is 4. The molecule has 6 nitrogen and oxygen atoms in total. The highest BCUT2D eigenvalue weighted by atomic mass is 16.2. The van der Waals surface area contributed by atoms with E-state index in [0.717, 1.165) is 54.6 Å². The van der Waals surface area contributed by atoms with Gasteiger partial charge in [0.2, 0.25) is 0 Å². The lowest BCUT2D eigenvalue weighted by atomic mass is 9.79. The number of benzene rings is 7. The standard InChI is InChI=1S/C52H46N2O4/c1-11-12-13-28-14-24-38(51(5,6)7)40(26-28)53-46(55)34-20-16-30-32-18-22-36-45-37(23-19-33(43(32)45)31-17-21-35(47(53)56)44(34)42(30)31)49(58)54(48(36)57)41-27-29(50(2,3)4)15-25-39(41)52(8,9)10/h14-27H,13H2,1-10H3. The molecule has 4 amide bonds. The summed E-state index contributed by atoms with van der Waals surface area (Å²) in [5, 5.41) is 6.31. The normalized spacial score (nSPS) is 14.7. The van der Waals surface area contributed by atoms with Gasteiger partial charge in [0.1, 0.15) is 0 Å². The first kappa shape index (κ1) is 37.3. The van der Waals surface area contributed by atoms with Gasteiger partial charge in [0.25, 0.3) is 23.6 Å². The van der Waals surface area contributed by atoms with Crippen LogP contribution in [0, 0.1) is 11.8 Å². The maximum atomic E-state index is 14.8. The van der Waals surface area contributed by atoms with E-state index in [0.29, 0.717) is 50.8 Å². The molecule has 0 radical (unpaired) electrons. The molecule has 0 saturated carbocycles. The Kier molecular flexibility index (Phi) is 7.93. The smallest absolute Gasteiger partial charge is 0.265 e. The monoisotopic (exact) mass is 762 g/mol. The molecule has 0 fully saturated rings. The van der Waals surface area contributed by atoms with Gasteiger partial charge >= 0.3 is 0 Å². The van der Waals surface area contributed by atoms with Crippen molar-refractivity contribution in [1.82, 2.24) is 0 Å². The molecule has 0 unspecified atom stereocenters. The van der Waals surface area contributed by atoms with Crippen LogP contribution in [0.2, 0.25) is 0 Å². The van der Waals surface area contributed by atoms with Crippen molar-refractivity contribution in [2.45, 2.75) is 91.9 Å². The van der Waals surface area contributed by atoms with Crippen molar-refractivity contribution >= 4 is 78.1 Å². The van der Waals surface area contributed by atoms with Gasteiger partial charge < -0.3 is 0 Å². The van der Waals surface area contributed by atoms with Crippen LogP contribution in [0.5, 0.6) is 0 Å². The largest absolute Gasteiger partial charge is 0.268 e. The summed E-state index contributed by atoms with van der Waals surface area (Å²) in [6.07, 6.45) is 0.509. The third-order valence-corrected chi connectivity index (χ3v) is 12.1. The summed E-state index contributed by atoms with van der Waals surface area (Å²) in [7, 11) is 0. The minimum atomic E-state index is -0.372. The third-order valence-electron chi connectivity index (χ3n) is 12.1. The van der Waals surface area contributed by atoms with E-state index in [1.165, 1.54) is 9.80 Å². The number of nitrogens with zero attached hydrogens (tertiary/aromatic N) is 2. The molecule has 2 heterocycles. The third kappa shape index (κ3) is 5.25. The van der Waals surface area contributed by atoms with Crippen LogP contribution < -0.4 is 9.80 Å². The van der Waals surface area contributed by atoms with E-state index in [1.807, 2.05) is 72.8 Å². The quantitative estimate of drug-likeness (QED) is 0.0777. The van der Waals surface area contributed by atoms with Crippen LogP contribution in [0.15, 0.2) is 84.9 Å². The summed E-state index contributed by atoms with van der Waals surface area (Å²) in [4.78, 5) is 61.6. The lowest BCUT2D eigenvalue weighted by Gasteiger charge is -2.34. The Labute approximate surface area is 339 Å². The zero-order chi connectivity index (χ0) is 41.4. The van der Waals surface area contributed by atoms with Crippen molar-refractivity contribution in [2.75, 3.05) is 9.80 Å². The van der Waals surface area contributed by atoms with Gasteiger partial charge in [0.15, 0.2) is 0 Å². The maximum absolute atomic E-state index is 14.8. The average Bonchev–Trinajstić information content (AvgIpc) is 3.16. The number of anilines is 2. The molecule has 6 heteroatoms. The van der Waals surface area contributed by atoms with Gasteiger partial charge in [-0.1, -0.05) is 117 Å². The first-order valence-corrected chi connectivity index (χ1v) is 20.0. The fourth-order valence-electron chi connectivity index (χ4n) is 9.22. The predicted octanol–water partition coefficient (Wildman–Crippen LogP) is 11.8. The average molecular weight is 763 g/mol. The molecule has 7 aromatic rings. The van der Waals surface area contributed by atoms with Gasteiger partial charge in [-0.25, -0.2) is 9.80 Å². The predicted molar refractivity (Wildman–Crippen MR) is 236 cm³/mol. The van der Waals surface area contributed by atoms with Gasteiger partial charge in [0, 0.05) is 39.4 Å². The molecular formula is C52H46N2O4. The summed E-state index contributed by atoms with van der Waals surface area (Å²) < 4.78 is 0. The van der Waals surface area contributed by atoms with Gasteiger partial charge in [-0.2, -0.15) is 0 Å². The first-order chi connectivity index (χ1) is 27.3. The molecule has 9 rings (SSSR count). The molecule has 0 aliphatic carbocycles. The Morgan fingerprint density at radius 2 is 0.828 bits per heavy atom.